The average Bonchev–Trinajstić information content (AvgIpc) is 3.18. The molecule has 0 spiro atoms. The summed E-state index contributed by atoms with van der Waals surface area (Å²) in [4.78, 5) is 38.9. The molecule has 28 heavy (non-hydrogen) atoms. The number of amides is 2. The van der Waals surface area contributed by atoms with Crippen LogP contribution in [-0.4, -0.2) is 69.2 Å². The molecule has 2 heterocycles. The SMILES string of the molecule is CN(CC(=O)N1CCCC(C(=O)O)C1)C(=O)c1ccn(-c2ccc(F)cc2)n1. The van der Waals surface area contributed by atoms with Crippen LogP contribution >= 0.6 is 0 Å². The van der Waals surface area contributed by atoms with Crippen LogP contribution in [0.4, 0.5) is 4.39 Å². The second kappa shape index (κ2) is 8.20. The number of carboxylic acids is 1. The quantitative estimate of drug-likeness (QED) is 0.836. The molecule has 2 aromatic rings. The normalized spacial score (nSPS) is 16.6. The van der Waals surface area contributed by atoms with E-state index in [1.807, 2.05) is 0 Å². The predicted octanol–water partition coefficient (Wildman–Crippen LogP) is 1.41. The first kappa shape index (κ1) is 19.5. The summed E-state index contributed by atoms with van der Waals surface area (Å²) in [5.74, 6) is -2.56. The van der Waals surface area contributed by atoms with Gasteiger partial charge in [0.25, 0.3) is 5.91 Å². The van der Waals surface area contributed by atoms with Gasteiger partial charge in [-0.1, -0.05) is 0 Å². The Balaban J connectivity index is 1.62. The minimum atomic E-state index is -0.909. The molecule has 148 valence electrons. The van der Waals surface area contributed by atoms with Crippen LogP contribution in [0.5, 0.6) is 0 Å². The first-order valence-electron chi connectivity index (χ1n) is 8.93. The minimum absolute atomic E-state index is 0.154. The maximum Gasteiger partial charge on any atom is 0.308 e. The monoisotopic (exact) mass is 388 g/mol. The van der Waals surface area contributed by atoms with E-state index < -0.39 is 17.8 Å². The number of aliphatic carboxylic acids is 1. The lowest BCUT2D eigenvalue weighted by Gasteiger charge is -2.31. The van der Waals surface area contributed by atoms with E-state index in [1.54, 1.807) is 18.3 Å². The fourth-order valence-corrected chi connectivity index (χ4v) is 3.15. The highest BCUT2D eigenvalue weighted by atomic mass is 19.1. The van der Waals surface area contributed by atoms with Crippen molar-refractivity contribution in [3.8, 4) is 5.69 Å². The van der Waals surface area contributed by atoms with Gasteiger partial charge >= 0.3 is 5.97 Å². The van der Waals surface area contributed by atoms with E-state index in [1.165, 1.54) is 39.7 Å². The van der Waals surface area contributed by atoms with Gasteiger partial charge in [0.05, 0.1) is 18.2 Å². The number of carbonyl (C=O) groups excluding carboxylic acids is 2. The van der Waals surface area contributed by atoms with Gasteiger partial charge in [-0.05, 0) is 43.2 Å². The molecule has 1 fully saturated rings. The molecule has 0 bridgehead atoms. The smallest absolute Gasteiger partial charge is 0.308 e. The van der Waals surface area contributed by atoms with Crippen molar-refractivity contribution in [1.82, 2.24) is 19.6 Å². The first-order chi connectivity index (χ1) is 13.3. The molecule has 8 nitrogen and oxygen atoms in total. The zero-order valence-electron chi connectivity index (χ0n) is 15.4. The van der Waals surface area contributed by atoms with Crippen molar-refractivity contribution in [2.75, 3.05) is 26.7 Å². The summed E-state index contributed by atoms with van der Waals surface area (Å²) < 4.78 is 14.5. The molecule has 9 heteroatoms. The van der Waals surface area contributed by atoms with E-state index in [4.69, 9.17) is 5.11 Å². The van der Waals surface area contributed by atoms with Crippen LogP contribution in [0.2, 0.25) is 0 Å². The molecular formula is C19H21FN4O4. The molecule has 1 N–H and O–H groups in total. The van der Waals surface area contributed by atoms with Crippen molar-refractivity contribution >= 4 is 17.8 Å². The number of likely N-dealkylation sites (N-methyl/N-ethyl adjacent to an activating group) is 1. The van der Waals surface area contributed by atoms with Crippen LogP contribution in [-0.2, 0) is 9.59 Å². The third-order valence-electron chi connectivity index (χ3n) is 4.74. The van der Waals surface area contributed by atoms with Crippen LogP contribution in [0.25, 0.3) is 5.69 Å². The highest BCUT2D eigenvalue weighted by Crippen LogP contribution is 2.17. The predicted molar refractivity (Wildman–Crippen MR) is 97.4 cm³/mol. The standard InChI is InChI=1S/C19H21FN4O4/c1-22(12-17(25)23-9-2-3-13(11-23)19(27)28)18(26)16-8-10-24(21-16)15-6-4-14(20)5-7-15/h4-8,10,13H,2-3,9,11-12H2,1H3,(H,27,28). The molecule has 1 unspecified atom stereocenters. The second-order valence-corrected chi connectivity index (χ2v) is 6.80. The van der Waals surface area contributed by atoms with Crippen LogP contribution in [0.1, 0.15) is 23.3 Å². The molecule has 1 aliphatic rings. The topological polar surface area (TPSA) is 95.7 Å². The number of nitrogens with zero attached hydrogens (tertiary/aromatic N) is 4. The summed E-state index contributed by atoms with van der Waals surface area (Å²) in [6, 6.07) is 7.20. The van der Waals surface area contributed by atoms with E-state index in [0.717, 1.165) is 0 Å². The molecule has 0 radical (unpaired) electrons. The highest BCUT2D eigenvalue weighted by molar-refractivity contribution is 5.94. The number of hydrogen-bond acceptors (Lipinski definition) is 4. The van der Waals surface area contributed by atoms with Gasteiger partial charge in [0.1, 0.15) is 5.82 Å². The van der Waals surface area contributed by atoms with E-state index in [-0.39, 0.29) is 30.5 Å². The van der Waals surface area contributed by atoms with Crippen molar-refractivity contribution in [3.05, 3.63) is 48.0 Å². The largest absolute Gasteiger partial charge is 0.481 e. The van der Waals surface area contributed by atoms with Gasteiger partial charge < -0.3 is 14.9 Å². The van der Waals surface area contributed by atoms with Crippen LogP contribution < -0.4 is 0 Å². The number of piperidine rings is 1. The molecule has 1 aromatic carbocycles. The number of likely N-dealkylation sites (tertiary alicyclic amines) is 1. The Morgan fingerprint density at radius 3 is 2.64 bits per heavy atom. The van der Waals surface area contributed by atoms with Gasteiger partial charge in [0.15, 0.2) is 5.69 Å². The molecule has 1 aromatic heterocycles. The zero-order chi connectivity index (χ0) is 20.3. The van der Waals surface area contributed by atoms with Crippen LogP contribution in [0.3, 0.4) is 0 Å². The summed E-state index contributed by atoms with van der Waals surface area (Å²) in [5.41, 5.74) is 0.758. The summed E-state index contributed by atoms with van der Waals surface area (Å²) in [7, 11) is 1.50. The number of carbonyl (C=O) groups is 3. The van der Waals surface area contributed by atoms with Crippen molar-refractivity contribution in [2.24, 2.45) is 5.92 Å². The lowest BCUT2D eigenvalue weighted by molar-refractivity contribution is -0.145. The van der Waals surface area contributed by atoms with Crippen molar-refractivity contribution in [3.63, 3.8) is 0 Å². The Morgan fingerprint density at radius 1 is 1.25 bits per heavy atom. The van der Waals surface area contributed by atoms with E-state index in [0.29, 0.717) is 25.1 Å². The molecule has 1 atom stereocenters. The van der Waals surface area contributed by atoms with Gasteiger partial charge in [-0.25, -0.2) is 9.07 Å². The fourth-order valence-electron chi connectivity index (χ4n) is 3.15. The zero-order valence-corrected chi connectivity index (χ0v) is 15.4. The Bertz CT molecular complexity index is 880. The molecular weight excluding hydrogens is 367 g/mol. The lowest BCUT2D eigenvalue weighted by atomic mass is 9.98. The lowest BCUT2D eigenvalue weighted by Crippen LogP contribution is -2.47. The minimum Gasteiger partial charge on any atom is -0.481 e. The van der Waals surface area contributed by atoms with Crippen LogP contribution in [0, 0.1) is 11.7 Å². The van der Waals surface area contributed by atoms with Crippen LogP contribution in [0.15, 0.2) is 36.5 Å². The Kier molecular flexibility index (Phi) is 5.72. The molecule has 0 aliphatic carbocycles. The van der Waals surface area contributed by atoms with Gasteiger partial charge in [-0.15, -0.1) is 0 Å². The fraction of sp³-hybridized carbons (Fsp3) is 0.368. The summed E-state index contributed by atoms with van der Waals surface area (Å²) >= 11 is 0. The Hall–Kier alpha value is -3.23. The Labute approximate surface area is 161 Å². The van der Waals surface area contributed by atoms with Crippen molar-refractivity contribution in [2.45, 2.75) is 12.8 Å². The first-order valence-corrected chi connectivity index (χ1v) is 8.93. The average molecular weight is 388 g/mol. The molecule has 0 saturated carbocycles. The number of aromatic nitrogens is 2. The third kappa shape index (κ3) is 4.36. The Morgan fingerprint density at radius 2 is 1.96 bits per heavy atom. The van der Waals surface area contributed by atoms with E-state index in [9.17, 15) is 18.8 Å². The van der Waals surface area contributed by atoms with Gasteiger partial charge in [-0.3, -0.25) is 14.4 Å². The molecule has 1 aliphatic heterocycles. The van der Waals surface area contributed by atoms with Crippen molar-refractivity contribution < 1.29 is 23.9 Å². The molecule has 2 amide bonds. The molecule has 1 saturated heterocycles. The number of rotatable bonds is 5. The molecule has 3 rings (SSSR count). The maximum atomic E-state index is 13.0. The third-order valence-corrected chi connectivity index (χ3v) is 4.74. The second-order valence-electron chi connectivity index (χ2n) is 6.80. The summed E-state index contributed by atoms with van der Waals surface area (Å²) in [6.45, 7) is 0.494. The van der Waals surface area contributed by atoms with E-state index in [2.05, 4.69) is 5.10 Å². The maximum absolute atomic E-state index is 13.0. The van der Waals surface area contributed by atoms with Crippen molar-refractivity contribution in [1.29, 1.82) is 0 Å². The van der Waals surface area contributed by atoms with Gasteiger partial charge in [0, 0.05) is 26.3 Å². The number of hydrogen-bond donors (Lipinski definition) is 1. The summed E-state index contributed by atoms with van der Waals surface area (Å²) in [5, 5.41) is 13.3. The van der Waals surface area contributed by atoms with Gasteiger partial charge in [-0.2, -0.15) is 5.10 Å². The highest BCUT2D eigenvalue weighted by Gasteiger charge is 2.29. The van der Waals surface area contributed by atoms with E-state index >= 15 is 0 Å². The number of halogens is 1. The van der Waals surface area contributed by atoms with Gasteiger partial charge in [0.2, 0.25) is 5.91 Å². The number of benzene rings is 1. The summed E-state index contributed by atoms with van der Waals surface area (Å²) in [6.07, 6.45) is 2.76. The number of carboxylic acid groups (broad SMARTS) is 1.